The van der Waals surface area contributed by atoms with Crippen LogP contribution in [0.5, 0.6) is 5.75 Å². The summed E-state index contributed by atoms with van der Waals surface area (Å²) < 4.78 is 50.6. The Kier molecular flexibility index (Phi) is 9.15. The van der Waals surface area contributed by atoms with Crippen LogP contribution in [0.25, 0.3) is 0 Å². The highest BCUT2D eigenvalue weighted by atomic mass is 32.2. The average Bonchev–Trinajstić information content (AvgIpc) is 2.77. The Morgan fingerprint density at radius 2 is 1.78 bits per heavy atom. The standard InChI is InChI=1S/C22H27FN2O6S/c1-4-6-13-31-22(27)16-7-10-18(11-8-16)24-21(26)15-25(5-2)32(28,29)20-14-17(23)9-12-19(20)30-3/h7-12,14H,4-6,13,15H2,1-3H3,(H,24,26). The number of methoxy groups -OCH3 is 1. The Morgan fingerprint density at radius 1 is 1.09 bits per heavy atom. The van der Waals surface area contributed by atoms with E-state index < -0.39 is 34.3 Å². The maximum absolute atomic E-state index is 13.7. The van der Waals surface area contributed by atoms with Gasteiger partial charge < -0.3 is 14.8 Å². The fraction of sp³-hybridized carbons (Fsp3) is 0.364. The molecule has 0 radical (unpaired) electrons. The van der Waals surface area contributed by atoms with Gasteiger partial charge in [0.15, 0.2) is 0 Å². The van der Waals surface area contributed by atoms with Crippen molar-refractivity contribution in [3.63, 3.8) is 0 Å². The Bertz CT molecular complexity index is 1040. The van der Waals surface area contributed by atoms with Crippen LogP contribution in [0.15, 0.2) is 47.4 Å². The van der Waals surface area contributed by atoms with Gasteiger partial charge in [-0.25, -0.2) is 17.6 Å². The van der Waals surface area contributed by atoms with Crippen LogP contribution in [-0.4, -0.2) is 51.4 Å². The first-order chi connectivity index (χ1) is 15.2. The number of hydrogen-bond acceptors (Lipinski definition) is 6. The Morgan fingerprint density at radius 3 is 2.38 bits per heavy atom. The number of esters is 1. The first kappa shape index (κ1) is 25.3. The molecule has 0 aliphatic carbocycles. The van der Waals surface area contributed by atoms with Gasteiger partial charge in [0.25, 0.3) is 0 Å². The molecule has 0 aliphatic rings. The lowest BCUT2D eigenvalue weighted by Crippen LogP contribution is -2.38. The summed E-state index contributed by atoms with van der Waals surface area (Å²) in [5.74, 6) is -1.81. The molecule has 1 amide bonds. The van der Waals surface area contributed by atoms with E-state index in [4.69, 9.17) is 9.47 Å². The van der Waals surface area contributed by atoms with E-state index >= 15 is 0 Å². The highest BCUT2D eigenvalue weighted by Crippen LogP contribution is 2.27. The summed E-state index contributed by atoms with van der Waals surface area (Å²) in [5, 5.41) is 2.59. The number of nitrogens with one attached hydrogen (secondary N) is 1. The number of ether oxygens (including phenoxy) is 2. The van der Waals surface area contributed by atoms with Gasteiger partial charge in [0.2, 0.25) is 15.9 Å². The number of halogens is 1. The van der Waals surface area contributed by atoms with Crippen molar-refractivity contribution in [3.8, 4) is 5.75 Å². The van der Waals surface area contributed by atoms with E-state index in [9.17, 15) is 22.4 Å². The Hall–Kier alpha value is -2.98. The first-order valence-electron chi connectivity index (χ1n) is 10.1. The zero-order valence-electron chi connectivity index (χ0n) is 18.3. The van der Waals surface area contributed by atoms with Crippen molar-refractivity contribution in [2.45, 2.75) is 31.6 Å². The number of carbonyl (C=O) groups is 2. The van der Waals surface area contributed by atoms with E-state index in [1.165, 1.54) is 37.4 Å². The molecule has 32 heavy (non-hydrogen) atoms. The van der Waals surface area contributed by atoms with Crippen molar-refractivity contribution in [1.29, 1.82) is 0 Å². The van der Waals surface area contributed by atoms with Crippen LogP contribution in [0, 0.1) is 5.82 Å². The van der Waals surface area contributed by atoms with Crippen molar-refractivity contribution >= 4 is 27.6 Å². The molecule has 2 rings (SSSR count). The van der Waals surface area contributed by atoms with Crippen molar-refractivity contribution < 1.29 is 31.9 Å². The number of amides is 1. The Labute approximate surface area is 187 Å². The van der Waals surface area contributed by atoms with Gasteiger partial charge in [-0.2, -0.15) is 4.31 Å². The Balaban J connectivity index is 2.08. The molecule has 0 saturated heterocycles. The van der Waals surface area contributed by atoms with Crippen LogP contribution >= 0.6 is 0 Å². The zero-order valence-corrected chi connectivity index (χ0v) is 19.1. The number of rotatable bonds is 11. The molecule has 0 unspecified atom stereocenters. The lowest BCUT2D eigenvalue weighted by atomic mass is 10.2. The molecule has 8 nitrogen and oxygen atoms in total. The van der Waals surface area contributed by atoms with Crippen LogP contribution in [0.2, 0.25) is 0 Å². The molecule has 0 saturated carbocycles. The fourth-order valence-corrected chi connectivity index (χ4v) is 4.37. The van der Waals surface area contributed by atoms with E-state index in [0.717, 1.165) is 29.3 Å². The number of benzene rings is 2. The zero-order chi connectivity index (χ0) is 23.7. The minimum atomic E-state index is -4.19. The summed E-state index contributed by atoms with van der Waals surface area (Å²) >= 11 is 0. The third-order valence-electron chi connectivity index (χ3n) is 4.55. The van der Waals surface area contributed by atoms with Gasteiger partial charge >= 0.3 is 5.97 Å². The third kappa shape index (κ3) is 6.51. The third-order valence-corrected chi connectivity index (χ3v) is 6.49. The molecule has 0 spiro atoms. The largest absolute Gasteiger partial charge is 0.495 e. The second kappa shape index (κ2) is 11.6. The SMILES string of the molecule is CCCCOC(=O)c1ccc(NC(=O)CN(CC)S(=O)(=O)c2cc(F)ccc2OC)cc1. The van der Waals surface area contributed by atoms with Gasteiger partial charge in [-0.15, -0.1) is 0 Å². The van der Waals surface area contributed by atoms with Crippen LogP contribution in [-0.2, 0) is 19.6 Å². The lowest BCUT2D eigenvalue weighted by Gasteiger charge is -2.21. The predicted octanol–water partition coefficient (Wildman–Crippen LogP) is 3.44. The fourth-order valence-electron chi connectivity index (χ4n) is 2.80. The van der Waals surface area contributed by atoms with Gasteiger partial charge in [-0.1, -0.05) is 20.3 Å². The van der Waals surface area contributed by atoms with Crippen molar-refractivity contribution in [1.82, 2.24) is 4.31 Å². The summed E-state index contributed by atoms with van der Waals surface area (Å²) in [6.07, 6.45) is 1.69. The van der Waals surface area contributed by atoms with Gasteiger partial charge in [0, 0.05) is 12.2 Å². The minimum absolute atomic E-state index is 0.0159. The molecule has 0 aromatic heterocycles. The number of sulfonamides is 1. The van der Waals surface area contributed by atoms with Gasteiger partial charge in [-0.05, 0) is 48.9 Å². The summed E-state index contributed by atoms with van der Waals surface area (Å²) in [6, 6.07) is 9.22. The van der Waals surface area contributed by atoms with Crippen LogP contribution in [0.4, 0.5) is 10.1 Å². The highest BCUT2D eigenvalue weighted by molar-refractivity contribution is 7.89. The maximum Gasteiger partial charge on any atom is 0.338 e. The number of nitrogens with zero attached hydrogens (tertiary/aromatic N) is 1. The smallest absolute Gasteiger partial charge is 0.338 e. The molecule has 0 aliphatic heterocycles. The molecule has 2 aromatic rings. The van der Waals surface area contributed by atoms with Crippen molar-refractivity contribution in [2.24, 2.45) is 0 Å². The molecule has 174 valence electrons. The van der Waals surface area contributed by atoms with Gasteiger partial charge in [0.05, 0.1) is 25.8 Å². The topological polar surface area (TPSA) is 102 Å². The monoisotopic (exact) mass is 466 g/mol. The molecule has 0 bridgehead atoms. The number of unbranched alkanes of at least 4 members (excludes halogenated alkanes) is 1. The molecule has 0 atom stereocenters. The maximum atomic E-state index is 13.7. The van der Waals surface area contributed by atoms with Crippen LogP contribution in [0.1, 0.15) is 37.0 Å². The summed E-state index contributed by atoms with van der Waals surface area (Å²) in [7, 11) is -2.91. The van der Waals surface area contributed by atoms with E-state index in [-0.39, 0.29) is 17.2 Å². The molecule has 1 N–H and O–H groups in total. The van der Waals surface area contributed by atoms with Crippen molar-refractivity contribution in [3.05, 3.63) is 53.8 Å². The molecule has 0 fully saturated rings. The number of hydrogen-bond donors (Lipinski definition) is 1. The summed E-state index contributed by atoms with van der Waals surface area (Å²) in [6.45, 7) is 3.39. The van der Waals surface area contributed by atoms with Gasteiger partial charge in [0.1, 0.15) is 16.5 Å². The molecule has 10 heteroatoms. The quantitative estimate of drug-likeness (QED) is 0.402. The summed E-state index contributed by atoms with van der Waals surface area (Å²) in [5.41, 5.74) is 0.729. The molecule has 0 heterocycles. The number of carbonyl (C=O) groups excluding carboxylic acids is 2. The van der Waals surface area contributed by atoms with Crippen LogP contribution in [0.3, 0.4) is 0 Å². The summed E-state index contributed by atoms with van der Waals surface area (Å²) in [4.78, 5) is 24.0. The van der Waals surface area contributed by atoms with Crippen LogP contribution < -0.4 is 10.1 Å². The normalized spacial score (nSPS) is 11.3. The van der Waals surface area contributed by atoms with E-state index in [1.807, 2.05) is 6.92 Å². The van der Waals surface area contributed by atoms with Gasteiger partial charge in [-0.3, -0.25) is 4.79 Å². The van der Waals surface area contributed by atoms with E-state index in [1.54, 1.807) is 6.92 Å². The second-order valence-corrected chi connectivity index (χ2v) is 8.75. The number of anilines is 1. The average molecular weight is 467 g/mol. The molecular formula is C22H27FN2O6S. The number of likely N-dealkylation sites (N-methyl/N-ethyl adjacent to an activating group) is 1. The van der Waals surface area contributed by atoms with E-state index in [2.05, 4.69) is 5.32 Å². The molecular weight excluding hydrogens is 439 g/mol. The van der Waals surface area contributed by atoms with E-state index in [0.29, 0.717) is 17.9 Å². The minimum Gasteiger partial charge on any atom is -0.495 e. The lowest BCUT2D eigenvalue weighted by molar-refractivity contribution is -0.116. The van der Waals surface area contributed by atoms with Crippen molar-refractivity contribution in [2.75, 3.05) is 32.1 Å². The predicted molar refractivity (Wildman–Crippen MR) is 118 cm³/mol. The molecule has 2 aromatic carbocycles. The second-order valence-electron chi connectivity index (χ2n) is 6.84. The highest BCUT2D eigenvalue weighted by Gasteiger charge is 2.29. The first-order valence-corrected chi connectivity index (χ1v) is 11.6.